The zero-order valence-corrected chi connectivity index (χ0v) is 13.0. The summed E-state index contributed by atoms with van der Waals surface area (Å²) in [6, 6.07) is -0.613. The van der Waals surface area contributed by atoms with Crippen molar-refractivity contribution in [2.75, 3.05) is 5.32 Å². The molecule has 1 unspecified atom stereocenters. The molecule has 7 heteroatoms. The quantitative estimate of drug-likeness (QED) is 0.837. The molecule has 1 fully saturated rings. The first-order valence-corrected chi connectivity index (χ1v) is 7.60. The Labute approximate surface area is 122 Å². The summed E-state index contributed by atoms with van der Waals surface area (Å²) < 4.78 is 4.25. The molecule has 0 aliphatic carbocycles. The Balaban J connectivity index is 2.02. The molecular formula is C13H20N4O2S. The van der Waals surface area contributed by atoms with Crippen molar-refractivity contribution in [1.29, 1.82) is 0 Å². The van der Waals surface area contributed by atoms with Crippen molar-refractivity contribution in [2.24, 2.45) is 5.92 Å². The van der Waals surface area contributed by atoms with Gasteiger partial charge in [0.2, 0.25) is 11.0 Å². The minimum Gasteiger partial charge on any atom is -0.348 e. The molecule has 0 bridgehead atoms. The van der Waals surface area contributed by atoms with Gasteiger partial charge in [0.05, 0.1) is 6.42 Å². The van der Waals surface area contributed by atoms with E-state index in [0.717, 1.165) is 12.2 Å². The van der Waals surface area contributed by atoms with Gasteiger partial charge in [0.15, 0.2) is 0 Å². The molecule has 0 saturated carbocycles. The normalized spacial score (nSPS) is 19.5. The van der Waals surface area contributed by atoms with Crippen LogP contribution in [0.3, 0.4) is 0 Å². The lowest BCUT2D eigenvalue weighted by atomic mass is 10.1. The van der Waals surface area contributed by atoms with Gasteiger partial charge in [-0.3, -0.25) is 14.5 Å². The molecule has 1 saturated heterocycles. The zero-order chi connectivity index (χ0) is 14.9. The first-order valence-electron chi connectivity index (χ1n) is 6.83. The van der Waals surface area contributed by atoms with Gasteiger partial charge in [0, 0.05) is 24.0 Å². The van der Waals surface area contributed by atoms with Crippen LogP contribution in [-0.2, 0) is 16.0 Å². The maximum atomic E-state index is 12.1. The van der Waals surface area contributed by atoms with Crippen LogP contribution in [0.1, 0.15) is 39.9 Å². The second-order valence-corrected chi connectivity index (χ2v) is 6.46. The molecule has 20 heavy (non-hydrogen) atoms. The second-order valence-electron chi connectivity index (χ2n) is 5.71. The average molecular weight is 296 g/mol. The van der Waals surface area contributed by atoms with Gasteiger partial charge in [-0.1, -0.05) is 13.8 Å². The van der Waals surface area contributed by atoms with E-state index in [1.807, 2.05) is 13.8 Å². The van der Waals surface area contributed by atoms with Crippen LogP contribution in [0.4, 0.5) is 5.13 Å². The van der Waals surface area contributed by atoms with E-state index < -0.39 is 6.04 Å². The smallest absolute Gasteiger partial charge is 0.252 e. The highest BCUT2D eigenvalue weighted by Crippen LogP contribution is 2.22. The van der Waals surface area contributed by atoms with Crippen molar-refractivity contribution < 1.29 is 9.59 Å². The third-order valence-corrected chi connectivity index (χ3v) is 3.74. The summed E-state index contributed by atoms with van der Waals surface area (Å²) >= 11 is 1.24. The lowest BCUT2D eigenvalue weighted by Crippen LogP contribution is -2.39. The van der Waals surface area contributed by atoms with Gasteiger partial charge in [0.25, 0.3) is 5.91 Å². The standard InChI is InChI=1S/C13H20N4O2S/c1-7(2)5-10-15-13(20-16-10)14-9-6-11(18)17(8(3)4)12(9)19/h7-9H,5-6H2,1-4H3,(H,14,15,16). The Morgan fingerprint density at radius 2 is 2.05 bits per heavy atom. The first kappa shape index (κ1) is 14.9. The monoisotopic (exact) mass is 296 g/mol. The predicted octanol–water partition coefficient (Wildman–Crippen LogP) is 1.68. The summed E-state index contributed by atoms with van der Waals surface area (Å²) in [4.78, 5) is 29.6. The van der Waals surface area contributed by atoms with Crippen molar-refractivity contribution in [2.45, 2.75) is 52.6 Å². The molecule has 2 rings (SSSR count). The van der Waals surface area contributed by atoms with Gasteiger partial charge >= 0.3 is 0 Å². The fourth-order valence-electron chi connectivity index (χ4n) is 2.22. The summed E-state index contributed by atoms with van der Waals surface area (Å²) in [5.41, 5.74) is 0. The minimum atomic E-state index is -0.509. The number of likely N-dealkylation sites (tertiary alicyclic amines) is 1. The van der Waals surface area contributed by atoms with Gasteiger partial charge < -0.3 is 5.32 Å². The van der Waals surface area contributed by atoms with E-state index >= 15 is 0 Å². The number of amides is 2. The minimum absolute atomic E-state index is 0.104. The molecule has 1 atom stereocenters. The third-order valence-electron chi connectivity index (χ3n) is 3.06. The number of carbonyl (C=O) groups excluding carboxylic acids is 2. The lowest BCUT2D eigenvalue weighted by Gasteiger charge is -2.18. The van der Waals surface area contributed by atoms with E-state index in [4.69, 9.17) is 0 Å². The summed E-state index contributed by atoms with van der Waals surface area (Å²) in [6.45, 7) is 7.88. The second kappa shape index (κ2) is 5.87. The molecule has 0 aromatic carbocycles. The van der Waals surface area contributed by atoms with E-state index in [1.165, 1.54) is 16.4 Å². The predicted molar refractivity (Wildman–Crippen MR) is 77.5 cm³/mol. The maximum absolute atomic E-state index is 12.1. The topological polar surface area (TPSA) is 75.2 Å². The molecule has 0 radical (unpaired) electrons. The molecule has 1 aliphatic rings. The van der Waals surface area contributed by atoms with Gasteiger partial charge in [-0.25, -0.2) is 4.98 Å². The molecule has 6 nitrogen and oxygen atoms in total. The number of aromatic nitrogens is 2. The Morgan fingerprint density at radius 1 is 1.35 bits per heavy atom. The maximum Gasteiger partial charge on any atom is 0.252 e. The molecule has 2 amide bonds. The molecule has 1 aromatic rings. The molecule has 110 valence electrons. The van der Waals surface area contributed by atoms with Crippen LogP contribution >= 0.6 is 11.5 Å². The summed E-state index contributed by atoms with van der Waals surface area (Å²) in [7, 11) is 0. The van der Waals surface area contributed by atoms with Crippen molar-refractivity contribution >= 4 is 28.5 Å². The summed E-state index contributed by atoms with van der Waals surface area (Å²) in [5, 5.41) is 3.64. The van der Waals surface area contributed by atoms with Crippen LogP contribution in [-0.4, -0.2) is 38.2 Å². The molecule has 2 heterocycles. The van der Waals surface area contributed by atoms with E-state index in [9.17, 15) is 9.59 Å². The lowest BCUT2D eigenvalue weighted by molar-refractivity contribution is -0.140. The van der Waals surface area contributed by atoms with E-state index in [1.54, 1.807) is 0 Å². The van der Waals surface area contributed by atoms with Gasteiger partial charge in [-0.05, 0) is 19.8 Å². The Hall–Kier alpha value is -1.50. The number of nitrogens with zero attached hydrogens (tertiary/aromatic N) is 3. The number of anilines is 1. The van der Waals surface area contributed by atoms with E-state index in [-0.39, 0.29) is 24.3 Å². The number of nitrogens with one attached hydrogen (secondary N) is 1. The van der Waals surface area contributed by atoms with Crippen LogP contribution in [0, 0.1) is 5.92 Å². The van der Waals surface area contributed by atoms with Crippen molar-refractivity contribution in [1.82, 2.24) is 14.3 Å². The SMILES string of the molecule is CC(C)Cc1nsc(NC2CC(=O)N(C(C)C)C2=O)n1. The van der Waals surface area contributed by atoms with Crippen LogP contribution in [0.2, 0.25) is 0 Å². The van der Waals surface area contributed by atoms with Crippen molar-refractivity contribution in [3.63, 3.8) is 0 Å². The number of hydrogen-bond donors (Lipinski definition) is 1. The Bertz CT molecular complexity index is 512. The molecule has 1 aromatic heterocycles. The van der Waals surface area contributed by atoms with Crippen molar-refractivity contribution in [3.8, 4) is 0 Å². The highest BCUT2D eigenvalue weighted by Gasteiger charge is 2.40. The Kier molecular flexibility index (Phi) is 4.37. The van der Waals surface area contributed by atoms with Crippen molar-refractivity contribution in [3.05, 3.63) is 5.82 Å². The fraction of sp³-hybridized carbons (Fsp3) is 0.692. The van der Waals surface area contributed by atoms with Gasteiger partial charge in [-0.15, -0.1) is 0 Å². The zero-order valence-electron chi connectivity index (χ0n) is 12.2. The fourth-order valence-corrected chi connectivity index (χ4v) is 2.86. The largest absolute Gasteiger partial charge is 0.348 e. The third kappa shape index (κ3) is 3.15. The number of carbonyl (C=O) groups is 2. The van der Waals surface area contributed by atoms with E-state index in [2.05, 4.69) is 28.5 Å². The average Bonchev–Trinajstić information content (AvgIpc) is 2.84. The van der Waals surface area contributed by atoms with Crippen LogP contribution < -0.4 is 5.32 Å². The molecule has 1 aliphatic heterocycles. The molecule has 1 N–H and O–H groups in total. The first-order chi connectivity index (χ1) is 9.38. The molecule has 0 spiro atoms. The van der Waals surface area contributed by atoms with Crippen LogP contribution in [0.15, 0.2) is 0 Å². The van der Waals surface area contributed by atoms with Gasteiger partial charge in [0.1, 0.15) is 11.9 Å². The highest BCUT2D eigenvalue weighted by molar-refractivity contribution is 7.09. The number of hydrogen-bond acceptors (Lipinski definition) is 6. The van der Waals surface area contributed by atoms with E-state index in [0.29, 0.717) is 11.0 Å². The summed E-state index contributed by atoms with van der Waals surface area (Å²) in [6.07, 6.45) is 1.00. The molecular weight excluding hydrogens is 276 g/mol. The van der Waals surface area contributed by atoms with Crippen LogP contribution in [0.5, 0.6) is 0 Å². The summed E-state index contributed by atoms with van der Waals surface area (Å²) in [5.74, 6) is 0.966. The highest BCUT2D eigenvalue weighted by atomic mass is 32.1. The van der Waals surface area contributed by atoms with Crippen LogP contribution in [0.25, 0.3) is 0 Å². The number of imide groups is 1. The van der Waals surface area contributed by atoms with Gasteiger partial charge in [-0.2, -0.15) is 4.37 Å². The number of rotatable bonds is 5. The Morgan fingerprint density at radius 3 is 2.60 bits per heavy atom.